The quantitative estimate of drug-likeness (QED) is 0.709. The lowest BCUT2D eigenvalue weighted by Crippen LogP contribution is -2.41. The topological polar surface area (TPSA) is 80.3 Å². The van der Waals surface area contributed by atoms with E-state index in [-0.39, 0.29) is 16.9 Å². The van der Waals surface area contributed by atoms with E-state index >= 15 is 0 Å². The molecule has 114 valence electrons. The Kier molecular flexibility index (Phi) is 6.10. The third kappa shape index (κ3) is 6.42. The number of sulfone groups is 1. The van der Waals surface area contributed by atoms with Crippen LogP contribution in [-0.2, 0) is 19.9 Å². The summed E-state index contributed by atoms with van der Waals surface area (Å²) in [7, 11) is -6.82. The number of sulfonamides is 1. The molecule has 0 aliphatic heterocycles. The molecule has 8 heteroatoms. The highest BCUT2D eigenvalue weighted by Gasteiger charge is 2.32. The molecule has 1 aliphatic carbocycles. The summed E-state index contributed by atoms with van der Waals surface area (Å²) >= 11 is 5.98. The molecule has 0 radical (unpaired) electrons. The first-order valence-electron chi connectivity index (χ1n) is 6.39. The Morgan fingerprint density at radius 1 is 1.05 bits per heavy atom. The monoisotopic (exact) mass is 331 g/mol. The van der Waals surface area contributed by atoms with E-state index in [0.29, 0.717) is 12.4 Å². The summed E-state index contributed by atoms with van der Waals surface area (Å²) < 4.78 is 48.0. The first-order valence-corrected chi connectivity index (χ1v) is 10.6. The molecule has 0 aromatic heterocycles. The second-order valence-electron chi connectivity index (χ2n) is 5.46. The van der Waals surface area contributed by atoms with Crippen molar-refractivity contribution in [1.29, 1.82) is 0 Å². The SMILES string of the molecule is CS(=O)(=O)CCS(=O)(=O)NCC1(CCl)CCCCC1. The largest absolute Gasteiger partial charge is 0.229 e. The molecule has 0 aromatic carbocycles. The average Bonchev–Trinajstić information content (AvgIpc) is 2.35. The number of halogens is 1. The fraction of sp³-hybridized carbons (Fsp3) is 1.00. The predicted molar refractivity (Wildman–Crippen MR) is 77.7 cm³/mol. The molecule has 19 heavy (non-hydrogen) atoms. The van der Waals surface area contributed by atoms with Crippen LogP contribution in [0.5, 0.6) is 0 Å². The van der Waals surface area contributed by atoms with Gasteiger partial charge in [-0.15, -0.1) is 11.6 Å². The summed E-state index contributed by atoms with van der Waals surface area (Å²) in [6.07, 6.45) is 6.18. The molecule has 0 bridgehead atoms. The van der Waals surface area contributed by atoms with Crippen LogP contribution < -0.4 is 4.72 Å². The Bertz CT molecular complexity index is 481. The zero-order valence-electron chi connectivity index (χ0n) is 11.2. The molecule has 0 aromatic rings. The first-order chi connectivity index (χ1) is 8.68. The molecule has 0 saturated heterocycles. The van der Waals surface area contributed by atoms with Crippen LogP contribution in [0, 0.1) is 5.41 Å². The summed E-state index contributed by atoms with van der Waals surface area (Å²) in [6, 6.07) is 0. The van der Waals surface area contributed by atoms with Crippen LogP contribution in [0.15, 0.2) is 0 Å². The Labute approximate surface area is 121 Å². The van der Waals surface area contributed by atoms with E-state index in [0.717, 1.165) is 31.9 Å². The summed E-state index contributed by atoms with van der Waals surface area (Å²) in [4.78, 5) is 0. The zero-order chi connectivity index (χ0) is 14.6. The van der Waals surface area contributed by atoms with Gasteiger partial charge in [0.1, 0.15) is 9.84 Å². The summed E-state index contributed by atoms with van der Waals surface area (Å²) in [5, 5.41) is 0. The molecular formula is C11H22ClNO4S2. The minimum absolute atomic E-state index is 0.169. The van der Waals surface area contributed by atoms with Gasteiger partial charge in [-0.3, -0.25) is 0 Å². The van der Waals surface area contributed by atoms with Crippen molar-refractivity contribution in [3.8, 4) is 0 Å². The lowest BCUT2D eigenvalue weighted by molar-refractivity contribution is 0.224. The van der Waals surface area contributed by atoms with Gasteiger partial charge in [-0.2, -0.15) is 0 Å². The second-order valence-corrected chi connectivity index (χ2v) is 9.92. The maximum absolute atomic E-state index is 11.8. The molecule has 1 fully saturated rings. The van der Waals surface area contributed by atoms with Crippen molar-refractivity contribution < 1.29 is 16.8 Å². The zero-order valence-corrected chi connectivity index (χ0v) is 13.6. The highest BCUT2D eigenvalue weighted by molar-refractivity contribution is 7.93. The Morgan fingerprint density at radius 2 is 1.63 bits per heavy atom. The van der Waals surface area contributed by atoms with Crippen LogP contribution in [0.1, 0.15) is 32.1 Å². The fourth-order valence-electron chi connectivity index (χ4n) is 2.26. The number of nitrogens with one attached hydrogen (secondary N) is 1. The summed E-state index contributed by atoms with van der Waals surface area (Å²) in [5.74, 6) is -0.304. The van der Waals surface area contributed by atoms with E-state index < -0.39 is 19.9 Å². The van der Waals surface area contributed by atoms with Gasteiger partial charge in [0.05, 0.1) is 11.5 Å². The predicted octanol–water partition coefficient (Wildman–Crippen LogP) is 1.14. The van der Waals surface area contributed by atoms with Crippen LogP contribution >= 0.6 is 11.6 Å². The van der Waals surface area contributed by atoms with E-state index in [2.05, 4.69) is 4.72 Å². The molecule has 5 nitrogen and oxygen atoms in total. The summed E-state index contributed by atoms with van der Waals surface area (Å²) in [6.45, 7) is 0.308. The molecule has 0 heterocycles. The van der Waals surface area contributed by atoms with Crippen molar-refractivity contribution in [2.24, 2.45) is 5.41 Å². The third-order valence-electron chi connectivity index (χ3n) is 3.59. The maximum atomic E-state index is 11.8. The highest BCUT2D eigenvalue weighted by Crippen LogP contribution is 2.36. The van der Waals surface area contributed by atoms with E-state index in [1.165, 1.54) is 6.42 Å². The van der Waals surface area contributed by atoms with Crippen molar-refractivity contribution in [3.63, 3.8) is 0 Å². The van der Waals surface area contributed by atoms with Gasteiger partial charge >= 0.3 is 0 Å². The lowest BCUT2D eigenvalue weighted by Gasteiger charge is -2.35. The normalized spacial score (nSPS) is 20.3. The van der Waals surface area contributed by atoms with Crippen molar-refractivity contribution in [3.05, 3.63) is 0 Å². The molecule has 1 saturated carbocycles. The van der Waals surface area contributed by atoms with Crippen LogP contribution in [0.2, 0.25) is 0 Å². The van der Waals surface area contributed by atoms with Gasteiger partial charge in [-0.05, 0) is 18.3 Å². The highest BCUT2D eigenvalue weighted by atomic mass is 35.5. The average molecular weight is 332 g/mol. The number of hydrogen-bond acceptors (Lipinski definition) is 4. The van der Waals surface area contributed by atoms with Gasteiger partial charge in [-0.1, -0.05) is 19.3 Å². The first kappa shape index (κ1) is 17.2. The van der Waals surface area contributed by atoms with E-state index in [1.807, 2.05) is 0 Å². The van der Waals surface area contributed by atoms with Gasteiger partial charge in [0.25, 0.3) is 0 Å². The summed E-state index contributed by atoms with van der Waals surface area (Å²) in [5.41, 5.74) is -0.169. The number of hydrogen-bond donors (Lipinski definition) is 1. The minimum Gasteiger partial charge on any atom is -0.229 e. The van der Waals surface area contributed by atoms with Crippen molar-refractivity contribution in [2.45, 2.75) is 32.1 Å². The second kappa shape index (κ2) is 6.74. The molecule has 1 aliphatic rings. The van der Waals surface area contributed by atoms with Gasteiger partial charge in [0, 0.05) is 18.7 Å². The smallest absolute Gasteiger partial charge is 0.212 e. The molecular weight excluding hydrogens is 310 g/mol. The van der Waals surface area contributed by atoms with Crippen LogP contribution in [-0.4, -0.2) is 47.0 Å². The van der Waals surface area contributed by atoms with Gasteiger partial charge < -0.3 is 0 Å². The Balaban J connectivity index is 2.53. The van der Waals surface area contributed by atoms with Crippen LogP contribution in [0.4, 0.5) is 0 Å². The maximum Gasteiger partial charge on any atom is 0.212 e. The number of alkyl halides is 1. The van der Waals surface area contributed by atoms with Crippen molar-refractivity contribution in [2.75, 3.05) is 30.2 Å². The lowest BCUT2D eigenvalue weighted by atomic mass is 9.76. The Hall–Kier alpha value is 0.150. The molecule has 0 amide bonds. The molecule has 0 spiro atoms. The van der Waals surface area contributed by atoms with Gasteiger partial charge in [0.2, 0.25) is 10.0 Å². The third-order valence-corrected chi connectivity index (χ3v) is 6.68. The van der Waals surface area contributed by atoms with Crippen LogP contribution in [0.3, 0.4) is 0 Å². The Morgan fingerprint density at radius 3 is 2.11 bits per heavy atom. The number of rotatable bonds is 7. The van der Waals surface area contributed by atoms with E-state index in [9.17, 15) is 16.8 Å². The van der Waals surface area contributed by atoms with Crippen LogP contribution in [0.25, 0.3) is 0 Å². The minimum atomic E-state index is -3.55. The molecule has 0 atom stereocenters. The van der Waals surface area contributed by atoms with Gasteiger partial charge in [-0.25, -0.2) is 21.6 Å². The fourth-order valence-corrected chi connectivity index (χ4v) is 5.38. The molecule has 0 unspecified atom stereocenters. The van der Waals surface area contributed by atoms with Crippen molar-refractivity contribution >= 4 is 31.5 Å². The standard InChI is InChI=1S/C11H22ClNO4S2/c1-18(14,15)7-8-19(16,17)13-10-11(9-12)5-3-2-4-6-11/h13H,2-10H2,1H3. The van der Waals surface area contributed by atoms with E-state index in [1.54, 1.807) is 0 Å². The van der Waals surface area contributed by atoms with E-state index in [4.69, 9.17) is 11.6 Å². The van der Waals surface area contributed by atoms with Crippen molar-refractivity contribution in [1.82, 2.24) is 4.72 Å². The molecule has 1 rings (SSSR count). The molecule has 1 N–H and O–H groups in total. The van der Waals surface area contributed by atoms with Gasteiger partial charge in [0.15, 0.2) is 0 Å².